The minimum absolute atomic E-state index is 0.297. The zero-order valence-electron chi connectivity index (χ0n) is 14.2. The van der Waals surface area contributed by atoms with Crippen LogP contribution in [0.15, 0.2) is 18.3 Å². The number of halogens is 1. The van der Waals surface area contributed by atoms with Crippen molar-refractivity contribution in [3.8, 4) is 0 Å². The van der Waals surface area contributed by atoms with Crippen LogP contribution in [0.25, 0.3) is 0 Å². The monoisotopic (exact) mass is 331 g/mol. The van der Waals surface area contributed by atoms with Gasteiger partial charge in [0.1, 0.15) is 11.6 Å². The second kappa shape index (κ2) is 6.69. The molecule has 1 amide bonds. The summed E-state index contributed by atoms with van der Waals surface area (Å²) in [6, 6.07) is 3.20. The van der Waals surface area contributed by atoms with E-state index in [2.05, 4.69) is 14.8 Å². The van der Waals surface area contributed by atoms with Crippen molar-refractivity contribution in [1.82, 2.24) is 9.88 Å². The summed E-state index contributed by atoms with van der Waals surface area (Å²) in [6.07, 6.45) is 8.00. The van der Waals surface area contributed by atoms with Crippen molar-refractivity contribution in [3.63, 3.8) is 0 Å². The average Bonchev–Trinajstić information content (AvgIpc) is 3.18. The lowest BCUT2D eigenvalue weighted by Crippen LogP contribution is -2.37. The number of anilines is 1. The van der Waals surface area contributed by atoms with Crippen molar-refractivity contribution in [2.75, 3.05) is 31.1 Å². The van der Waals surface area contributed by atoms with Crippen LogP contribution in [0, 0.1) is 23.6 Å². The summed E-state index contributed by atoms with van der Waals surface area (Å²) < 4.78 is 13.0. The highest BCUT2D eigenvalue weighted by atomic mass is 19.1. The summed E-state index contributed by atoms with van der Waals surface area (Å²) in [5.74, 6) is 2.95. The van der Waals surface area contributed by atoms with Gasteiger partial charge in [0.25, 0.3) is 0 Å². The predicted octanol–water partition coefficient (Wildman–Crippen LogP) is 3.09. The van der Waals surface area contributed by atoms with Gasteiger partial charge < -0.3 is 9.80 Å². The third-order valence-electron chi connectivity index (χ3n) is 6.19. The lowest BCUT2D eigenvalue weighted by molar-refractivity contribution is -0.131. The zero-order valence-corrected chi connectivity index (χ0v) is 14.2. The molecule has 4 nitrogen and oxygen atoms in total. The number of carbonyl (C=O) groups excluding carboxylic acids is 1. The van der Waals surface area contributed by atoms with E-state index < -0.39 is 0 Å². The Morgan fingerprint density at radius 1 is 1.12 bits per heavy atom. The molecule has 3 aliphatic rings. The number of nitrogens with zero attached hydrogens (tertiary/aromatic N) is 3. The van der Waals surface area contributed by atoms with Crippen LogP contribution in [0.4, 0.5) is 10.2 Å². The van der Waals surface area contributed by atoms with E-state index in [1.807, 2.05) is 0 Å². The molecule has 2 aliphatic heterocycles. The Hall–Kier alpha value is -1.65. The van der Waals surface area contributed by atoms with E-state index in [0.29, 0.717) is 18.2 Å². The van der Waals surface area contributed by atoms with E-state index in [4.69, 9.17) is 0 Å². The first-order valence-electron chi connectivity index (χ1n) is 9.33. The lowest BCUT2D eigenvalue weighted by Gasteiger charge is -2.33. The Morgan fingerprint density at radius 3 is 2.46 bits per heavy atom. The van der Waals surface area contributed by atoms with E-state index in [0.717, 1.165) is 56.7 Å². The molecule has 0 N–H and O–H groups in total. The SMILES string of the molecule is O=C(CC1CCN(c2ccc(F)cn2)CC1)N1CC2CCCC2C1. The van der Waals surface area contributed by atoms with Gasteiger partial charge in [-0.15, -0.1) is 0 Å². The molecule has 0 bridgehead atoms. The van der Waals surface area contributed by atoms with E-state index in [1.54, 1.807) is 6.07 Å². The van der Waals surface area contributed by atoms with Gasteiger partial charge in [0, 0.05) is 32.6 Å². The Kier molecular flexibility index (Phi) is 4.42. The summed E-state index contributed by atoms with van der Waals surface area (Å²) in [6.45, 7) is 3.81. The molecule has 4 rings (SSSR count). The van der Waals surface area contributed by atoms with E-state index in [-0.39, 0.29) is 5.82 Å². The average molecular weight is 331 g/mol. The van der Waals surface area contributed by atoms with Crippen LogP contribution in [-0.2, 0) is 4.79 Å². The van der Waals surface area contributed by atoms with Crippen LogP contribution < -0.4 is 4.90 Å². The fourth-order valence-corrected chi connectivity index (χ4v) is 4.74. The van der Waals surface area contributed by atoms with Crippen molar-refractivity contribution in [2.45, 2.75) is 38.5 Å². The molecule has 1 aromatic heterocycles. The summed E-state index contributed by atoms with van der Waals surface area (Å²) in [5.41, 5.74) is 0. The van der Waals surface area contributed by atoms with Crippen LogP contribution in [0.1, 0.15) is 38.5 Å². The van der Waals surface area contributed by atoms with Gasteiger partial charge in [-0.25, -0.2) is 9.37 Å². The predicted molar refractivity (Wildman–Crippen MR) is 91.2 cm³/mol. The van der Waals surface area contributed by atoms with Crippen molar-refractivity contribution < 1.29 is 9.18 Å². The molecule has 3 heterocycles. The third kappa shape index (κ3) is 3.26. The van der Waals surface area contributed by atoms with Crippen molar-refractivity contribution >= 4 is 11.7 Å². The van der Waals surface area contributed by atoms with E-state index in [9.17, 15) is 9.18 Å². The molecule has 2 atom stereocenters. The third-order valence-corrected chi connectivity index (χ3v) is 6.19. The molecular weight excluding hydrogens is 305 g/mol. The number of aromatic nitrogens is 1. The molecule has 24 heavy (non-hydrogen) atoms. The number of hydrogen-bond acceptors (Lipinski definition) is 3. The summed E-state index contributed by atoms with van der Waals surface area (Å²) in [4.78, 5) is 21.1. The maximum absolute atomic E-state index is 13.0. The maximum atomic E-state index is 13.0. The number of amides is 1. The Bertz CT molecular complexity index is 571. The molecule has 130 valence electrons. The first-order chi connectivity index (χ1) is 11.7. The Labute approximate surface area is 143 Å². The number of fused-ring (bicyclic) bond motifs is 1. The fraction of sp³-hybridized carbons (Fsp3) is 0.684. The highest BCUT2D eigenvalue weighted by Crippen LogP contribution is 2.38. The number of pyridine rings is 1. The Morgan fingerprint density at radius 2 is 1.83 bits per heavy atom. The first-order valence-corrected chi connectivity index (χ1v) is 9.33. The molecule has 0 spiro atoms. The number of carbonyl (C=O) groups is 1. The smallest absolute Gasteiger partial charge is 0.222 e. The maximum Gasteiger partial charge on any atom is 0.222 e. The molecular formula is C19H26FN3O. The molecule has 1 aromatic rings. The molecule has 5 heteroatoms. The van der Waals surface area contributed by atoms with Gasteiger partial charge >= 0.3 is 0 Å². The second-order valence-electron chi connectivity index (χ2n) is 7.72. The molecule has 1 aliphatic carbocycles. The standard InChI is InChI=1S/C19H26FN3O/c20-17-4-5-18(21-11-17)22-8-6-14(7-9-22)10-19(24)23-12-15-2-1-3-16(15)13-23/h4-5,11,14-16H,1-3,6-10,12-13H2. The van der Waals surface area contributed by atoms with Crippen LogP contribution in [0.2, 0.25) is 0 Å². The van der Waals surface area contributed by atoms with Gasteiger partial charge in [0.2, 0.25) is 5.91 Å². The van der Waals surface area contributed by atoms with Gasteiger partial charge in [-0.2, -0.15) is 0 Å². The molecule has 0 aromatic carbocycles. The summed E-state index contributed by atoms with van der Waals surface area (Å²) in [5, 5.41) is 0. The zero-order chi connectivity index (χ0) is 16.5. The number of piperidine rings is 1. The van der Waals surface area contributed by atoms with Crippen LogP contribution in [0.3, 0.4) is 0 Å². The van der Waals surface area contributed by atoms with Gasteiger partial charge in [-0.3, -0.25) is 4.79 Å². The summed E-state index contributed by atoms with van der Waals surface area (Å²) >= 11 is 0. The second-order valence-corrected chi connectivity index (χ2v) is 7.72. The Balaban J connectivity index is 1.26. The first kappa shape index (κ1) is 15.9. The van der Waals surface area contributed by atoms with Crippen molar-refractivity contribution in [3.05, 3.63) is 24.1 Å². The van der Waals surface area contributed by atoms with E-state index in [1.165, 1.54) is 31.5 Å². The molecule has 1 saturated carbocycles. The number of likely N-dealkylation sites (tertiary alicyclic amines) is 1. The molecule has 2 unspecified atom stereocenters. The van der Waals surface area contributed by atoms with Gasteiger partial charge in [0.15, 0.2) is 0 Å². The van der Waals surface area contributed by atoms with Crippen molar-refractivity contribution in [1.29, 1.82) is 0 Å². The fourth-order valence-electron chi connectivity index (χ4n) is 4.74. The number of rotatable bonds is 3. The largest absolute Gasteiger partial charge is 0.357 e. The lowest BCUT2D eigenvalue weighted by atomic mass is 9.93. The van der Waals surface area contributed by atoms with Gasteiger partial charge in [-0.05, 0) is 55.6 Å². The minimum Gasteiger partial charge on any atom is -0.357 e. The number of hydrogen-bond donors (Lipinski definition) is 0. The topological polar surface area (TPSA) is 36.4 Å². The normalized spacial score (nSPS) is 27.5. The van der Waals surface area contributed by atoms with Crippen LogP contribution in [-0.4, -0.2) is 42.0 Å². The van der Waals surface area contributed by atoms with Crippen LogP contribution >= 0.6 is 0 Å². The van der Waals surface area contributed by atoms with Gasteiger partial charge in [0.05, 0.1) is 6.20 Å². The molecule has 0 radical (unpaired) electrons. The molecule has 3 fully saturated rings. The van der Waals surface area contributed by atoms with Crippen molar-refractivity contribution in [2.24, 2.45) is 17.8 Å². The highest BCUT2D eigenvalue weighted by Gasteiger charge is 2.38. The van der Waals surface area contributed by atoms with Crippen LogP contribution in [0.5, 0.6) is 0 Å². The van der Waals surface area contributed by atoms with Gasteiger partial charge in [-0.1, -0.05) is 6.42 Å². The highest BCUT2D eigenvalue weighted by molar-refractivity contribution is 5.76. The summed E-state index contributed by atoms with van der Waals surface area (Å²) in [7, 11) is 0. The van der Waals surface area contributed by atoms with E-state index >= 15 is 0 Å². The minimum atomic E-state index is -0.297. The molecule has 2 saturated heterocycles. The quantitative estimate of drug-likeness (QED) is 0.854.